The highest BCUT2D eigenvalue weighted by Gasteiger charge is 2.27. The molecular formula is C21H25NO3. The molecule has 0 fully saturated rings. The molecule has 1 amide bonds. The first-order valence-electron chi connectivity index (χ1n) is 8.39. The fraction of sp³-hybridized carbons (Fsp3) is 0.333. The van der Waals surface area contributed by atoms with Gasteiger partial charge in [-0.05, 0) is 45.4 Å². The molecule has 2 aromatic carbocycles. The average Bonchev–Trinajstić information content (AvgIpc) is 2.55. The number of carbonyl (C=O) groups excluding carboxylic acids is 2. The molecule has 0 aliphatic rings. The summed E-state index contributed by atoms with van der Waals surface area (Å²) in [6, 6.07) is 16.0. The van der Waals surface area contributed by atoms with Crippen LogP contribution in [0.5, 0.6) is 0 Å². The number of rotatable bonds is 5. The van der Waals surface area contributed by atoms with Crippen LogP contribution >= 0.6 is 0 Å². The molecule has 0 heterocycles. The first-order chi connectivity index (χ1) is 11.7. The Kier molecular flexibility index (Phi) is 5.97. The summed E-state index contributed by atoms with van der Waals surface area (Å²) in [5.41, 5.74) is 2.01. The summed E-state index contributed by atoms with van der Waals surface area (Å²) < 4.78 is 5.48. The number of benzene rings is 2. The van der Waals surface area contributed by atoms with Crippen molar-refractivity contribution in [1.82, 2.24) is 5.32 Å². The molecule has 2 aromatic rings. The van der Waals surface area contributed by atoms with Crippen LogP contribution in [0.3, 0.4) is 0 Å². The number of hydrogen-bond donors (Lipinski definition) is 1. The van der Waals surface area contributed by atoms with Gasteiger partial charge in [-0.2, -0.15) is 0 Å². The predicted octanol–water partition coefficient (Wildman–Crippen LogP) is 3.68. The lowest BCUT2D eigenvalue weighted by molar-refractivity contribution is -0.157. The molecule has 25 heavy (non-hydrogen) atoms. The lowest BCUT2D eigenvalue weighted by atomic mass is 10.0. The summed E-state index contributed by atoms with van der Waals surface area (Å²) in [6.45, 7) is 7.44. The van der Waals surface area contributed by atoms with Crippen LogP contribution < -0.4 is 5.32 Å². The number of amides is 1. The number of nitrogens with one attached hydrogen (secondary N) is 1. The van der Waals surface area contributed by atoms with E-state index in [1.165, 1.54) is 0 Å². The Hall–Kier alpha value is -2.62. The Morgan fingerprint density at radius 3 is 2.16 bits per heavy atom. The van der Waals surface area contributed by atoms with Gasteiger partial charge in [0.2, 0.25) is 0 Å². The SMILES string of the molecule is Cc1ccc(CC(NC(=O)c2ccccc2)C(=O)OC(C)(C)C)cc1. The number of carbonyl (C=O) groups is 2. The number of ether oxygens (including phenoxy) is 1. The lowest BCUT2D eigenvalue weighted by Gasteiger charge is -2.24. The van der Waals surface area contributed by atoms with Crippen LogP contribution in [0.2, 0.25) is 0 Å². The monoisotopic (exact) mass is 339 g/mol. The normalized spacial score (nSPS) is 12.3. The molecular weight excluding hydrogens is 314 g/mol. The van der Waals surface area contributed by atoms with E-state index in [1.54, 1.807) is 24.3 Å². The molecule has 4 heteroatoms. The molecule has 0 aliphatic carbocycles. The highest BCUT2D eigenvalue weighted by Crippen LogP contribution is 2.13. The van der Waals surface area contributed by atoms with Crippen molar-refractivity contribution >= 4 is 11.9 Å². The van der Waals surface area contributed by atoms with E-state index < -0.39 is 17.6 Å². The third kappa shape index (κ3) is 6.07. The van der Waals surface area contributed by atoms with Crippen LogP contribution in [0.25, 0.3) is 0 Å². The minimum atomic E-state index is -0.741. The molecule has 0 saturated carbocycles. The average molecular weight is 339 g/mol. The zero-order valence-electron chi connectivity index (χ0n) is 15.2. The Bertz CT molecular complexity index is 715. The summed E-state index contributed by atoms with van der Waals surface area (Å²) in [7, 11) is 0. The van der Waals surface area contributed by atoms with Gasteiger partial charge in [0, 0.05) is 12.0 Å². The molecule has 1 N–H and O–H groups in total. The second kappa shape index (κ2) is 7.97. The molecule has 1 atom stereocenters. The van der Waals surface area contributed by atoms with Gasteiger partial charge in [-0.25, -0.2) is 4.79 Å². The smallest absolute Gasteiger partial charge is 0.329 e. The topological polar surface area (TPSA) is 55.4 Å². The summed E-state index contributed by atoms with van der Waals surface area (Å²) in [6.07, 6.45) is 0.383. The number of esters is 1. The molecule has 0 aliphatic heterocycles. The summed E-state index contributed by atoms with van der Waals surface area (Å²) in [5.74, 6) is -0.721. The van der Waals surface area contributed by atoms with Gasteiger partial charge in [0.15, 0.2) is 0 Å². The van der Waals surface area contributed by atoms with Crippen LogP contribution in [-0.2, 0) is 16.0 Å². The minimum Gasteiger partial charge on any atom is -0.458 e. The van der Waals surface area contributed by atoms with Crippen molar-refractivity contribution in [3.63, 3.8) is 0 Å². The highest BCUT2D eigenvalue weighted by molar-refractivity contribution is 5.96. The van der Waals surface area contributed by atoms with Gasteiger partial charge in [0.05, 0.1) is 0 Å². The third-order valence-corrected chi connectivity index (χ3v) is 3.59. The third-order valence-electron chi connectivity index (χ3n) is 3.59. The molecule has 0 radical (unpaired) electrons. The van der Waals surface area contributed by atoms with E-state index in [0.717, 1.165) is 11.1 Å². The lowest BCUT2D eigenvalue weighted by Crippen LogP contribution is -2.45. The predicted molar refractivity (Wildman–Crippen MR) is 98.4 cm³/mol. The van der Waals surface area contributed by atoms with Crippen molar-refractivity contribution in [2.75, 3.05) is 0 Å². The van der Waals surface area contributed by atoms with Crippen LogP contribution in [-0.4, -0.2) is 23.5 Å². The maximum absolute atomic E-state index is 12.6. The zero-order valence-corrected chi connectivity index (χ0v) is 15.2. The van der Waals surface area contributed by atoms with Crippen molar-refractivity contribution in [3.05, 3.63) is 71.3 Å². The first-order valence-corrected chi connectivity index (χ1v) is 8.39. The van der Waals surface area contributed by atoms with Gasteiger partial charge in [-0.15, -0.1) is 0 Å². The van der Waals surface area contributed by atoms with Crippen LogP contribution in [0.15, 0.2) is 54.6 Å². The molecule has 1 unspecified atom stereocenters. The van der Waals surface area contributed by atoms with E-state index >= 15 is 0 Å². The summed E-state index contributed by atoms with van der Waals surface area (Å²) >= 11 is 0. The first kappa shape index (κ1) is 18.7. The largest absolute Gasteiger partial charge is 0.458 e. The van der Waals surface area contributed by atoms with Crippen molar-refractivity contribution < 1.29 is 14.3 Å². The Balaban J connectivity index is 2.17. The maximum atomic E-state index is 12.6. The van der Waals surface area contributed by atoms with Gasteiger partial charge in [0.25, 0.3) is 5.91 Å². The molecule has 0 spiro atoms. The molecule has 0 bridgehead atoms. The second-order valence-electron chi connectivity index (χ2n) is 7.12. The Morgan fingerprint density at radius 1 is 1.00 bits per heavy atom. The summed E-state index contributed by atoms with van der Waals surface area (Å²) in [4.78, 5) is 25.0. The number of hydrogen-bond acceptors (Lipinski definition) is 3. The van der Waals surface area contributed by atoms with E-state index in [-0.39, 0.29) is 5.91 Å². The highest BCUT2D eigenvalue weighted by atomic mass is 16.6. The minimum absolute atomic E-state index is 0.288. The quantitative estimate of drug-likeness (QED) is 0.846. The molecule has 0 aromatic heterocycles. The van der Waals surface area contributed by atoms with Crippen LogP contribution in [0.1, 0.15) is 42.3 Å². The van der Waals surface area contributed by atoms with Crippen molar-refractivity contribution in [1.29, 1.82) is 0 Å². The van der Waals surface area contributed by atoms with E-state index in [1.807, 2.05) is 58.0 Å². The fourth-order valence-electron chi connectivity index (χ4n) is 2.36. The number of aryl methyl sites for hydroxylation is 1. The zero-order chi connectivity index (χ0) is 18.4. The van der Waals surface area contributed by atoms with Crippen LogP contribution in [0, 0.1) is 6.92 Å². The Labute approximate surface area is 149 Å². The second-order valence-corrected chi connectivity index (χ2v) is 7.12. The van der Waals surface area contributed by atoms with E-state index in [9.17, 15) is 9.59 Å². The van der Waals surface area contributed by atoms with Gasteiger partial charge >= 0.3 is 5.97 Å². The van der Waals surface area contributed by atoms with Gasteiger partial charge in [0.1, 0.15) is 11.6 Å². The van der Waals surface area contributed by atoms with Gasteiger partial charge in [-0.1, -0.05) is 48.0 Å². The van der Waals surface area contributed by atoms with E-state index in [4.69, 9.17) is 4.74 Å². The standard InChI is InChI=1S/C21H25NO3/c1-15-10-12-16(13-11-15)14-18(20(24)25-21(2,3)4)22-19(23)17-8-6-5-7-9-17/h5-13,18H,14H2,1-4H3,(H,22,23). The molecule has 0 saturated heterocycles. The summed E-state index contributed by atoms with van der Waals surface area (Å²) in [5, 5.41) is 2.81. The van der Waals surface area contributed by atoms with Crippen molar-refractivity contribution in [3.8, 4) is 0 Å². The Morgan fingerprint density at radius 2 is 1.60 bits per heavy atom. The van der Waals surface area contributed by atoms with E-state index in [0.29, 0.717) is 12.0 Å². The van der Waals surface area contributed by atoms with Crippen molar-refractivity contribution in [2.24, 2.45) is 0 Å². The van der Waals surface area contributed by atoms with Crippen molar-refractivity contribution in [2.45, 2.75) is 45.8 Å². The van der Waals surface area contributed by atoms with Crippen LogP contribution in [0.4, 0.5) is 0 Å². The van der Waals surface area contributed by atoms with E-state index in [2.05, 4.69) is 5.32 Å². The molecule has 4 nitrogen and oxygen atoms in total. The molecule has 132 valence electrons. The fourth-order valence-corrected chi connectivity index (χ4v) is 2.36. The van der Waals surface area contributed by atoms with Gasteiger partial charge in [-0.3, -0.25) is 4.79 Å². The maximum Gasteiger partial charge on any atom is 0.329 e. The molecule has 2 rings (SSSR count). The van der Waals surface area contributed by atoms with Gasteiger partial charge < -0.3 is 10.1 Å².